The predicted molar refractivity (Wildman–Crippen MR) is 67.1 cm³/mol. The first-order chi connectivity index (χ1) is 7.97. The Bertz CT molecular complexity index is 296. The quantitative estimate of drug-likeness (QED) is 0.632. The van der Waals surface area contributed by atoms with Crippen molar-refractivity contribution in [1.82, 2.24) is 4.72 Å². The standard InChI is InChI=1S/C10H12F3NS.C2H6/c1-8-2-4-9(5-3-8)15-14-7-6-10(11,12)13;1-2/h2-5,14H,6-7H2,1H3;1-2H3. The summed E-state index contributed by atoms with van der Waals surface area (Å²) in [5, 5.41) is 0. The van der Waals surface area contributed by atoms with E-state index in [0.717, 1.165) is 10.5 Å². The number of hydrogen-bond donors (Lipinski definition) is 1. The van der Waals surface area contributed by atoms with E-state index in [-0.39, 0.29) is 6.54 Å². The third kappa shape index (κ3) is 9.06. The van der Waals surface area contributed by atoms with Gasteiger partial charge in [-0.15, -0.1) is 0 Å². The van der Waals surface area contributed by atoms with Crippen LogP contribution < -0.4 is 4.72 Å². The van der Waals surface area contributed by atoms with Crippen LogP contribution >= 0.6 is 11.9 Å². The highest BCUT2D eigenvalue weighted by atomic mass is 32.2. The first kappa shape index (κ1) is 16.3. The van der Waals surface area contributed by atoms with Gasteiger partial charge in [0.1, 0.15) is 0 Å². The highest BCUT2D eigenvalue weighted by Gasteiger charge is 2.25. The molecule has 1 rings (SSSR count). The number of alkyl halides is 3. The topological polar surface area (TPSA) is 12.0 Å². The molecular formula is C12H18F3NS. The molecule has 0 fully saturated rings. The van der Waals surface area contributed by atoms with E-state index in [9.17, 15) is 13.2 Å². The van der Waals surface area contributed by atoms with Crippen molar-refractivity contribution >= 4 is 11.9 Å². The maximum Gasteiger partial charge on any atom is 0.390 e. The van der Waals surface area contributed by atoms with Crippen LogP contribution in [0.4, 0.5) is 13.2 Å². The molecule has 5 heteroatoms. The molecule has 0 spiro atoms. The Hall–Kier alpha value is -0.680. The van der Waals surface area contributed by atoms with Gasteiger partial charge in [-0.3, -0.25) is 4.72 Å². The molecule has 0 bridgehead atoms. The lowest BCUT2D eigenvalue weighted by Crippen LogP contribution is -2.16. The van der Waals surface area contributed by atoms with Gasteiger partial charge in [0.05, 0.1) is 6.42 Å². The number of benzene rings is 1. The molecule has 1 nitrogen and oxygen atoms in total. The zero-order chi connectivity index (χ0) is 13.3. The second-order valence-electron chi connectivity index (χ2n) is 3.17. The van der Waals surface area contributed by atoms with Gasteiger partial charge in [-0.05, 0) is 31.0 Å². The van der Waals surface area contributed by atoms with Gasteiger partial charge in [0.15, 0.2) is 0 Å². The molecule has 0 saturated heterocycles. The Morgan fingerprint density at radius 1 is 1.12 bits per heavy atom. The Morgan fingerprint density at radius 3 is 2.12 bits per heavy atom. The van der Waals surface area contributed by atoms with Crippen LogP contribution in [0.3, 0.4) is 0 Å². The summed E-state index contributed by atoms with van der Waals surface area (Å²) in [5.74, 6) is 0. The molecule has 0 amide bonds. The lowest BCUT2D eigenvalue weighted by atomic mass is 10.2. The van der Waals surface area contributed by atoms with Gasteiger partial charge in [0.2, 0.25) is 0 Å². The minimum Gasteiger partial charge on any atom is -0.260 e. The average Bonchev–Trinajstić information content (AvgIpc) is 2.28. The zero-order valence-electron chi connectivity index (χ0n) is 10.3. The van der Waals surface area contributed by atoms with Crippen LogP contribution in [0.15, 0.2) is 29.2 Å². The molecular weight excluding hydrogens is 247 g/mol. The van der Waals surface area contributed by atoms with Crippen molar-refractivity contribution in [2.75, 3.05) is 6.54 Å². The fraction of sp³-hybridized carbons (Fsp3) is 0.500. The van der Waals surface area contributed by atoms with E-state index >= 15 is 0 Å². The number of rotatable bonds is 4. The maximum atomic E-state index is 11.8. The SMILES string of the molecule is CC.Cc1ccc(SNCCC(F)(F)F)cc1. The van der Waals surface area contributed by atoms with Gasteiger partial charge in [-0.1, -0.05) is 31.5 Å². The van der Waals surface area contributed by atoms with Gasteiger partial charge >= 0.3 is 6.18 Å². The Balaban J connectivity index is 0.00000121. The fourth-order valence-corrected chi connectivity index (χ4v) is 1.58. The van der Waals surface area contributed by atoms with Crippen LogP contribution in [0.1, 0.15) is 25.8 Å². The van der Waals surface area contributed by atoms with Crippen molar-refractivity contribution in [1.29, 1.82) is 0 Å². The lowest BCUT2D eigenvalue weighted by Gasteiger charge is -2.07. The Kier molecular flexibility index (Phi) is 8.08. The summed E-state index contributed by atoms with van der Waals surface area (Å²) in [5.41, 5.74) is 1.13. The molecule has 0 heterocycles. The molecule has 17 heavy (non-hydrogen) atoms. The van der Waals surface area contributed by atoms with E-state index in [0.29, 0.717) is 0 Å². The normalized spacial score (nSPS) is 10.7. The van der Waals surface area contributed by atoms with E-state index in [1.54, 1.807) is 0 Å². The van der Waals surface area contributed by atoms with E-state index in [1.165, 1.54) is 11.9 Å². The summed E-state index contributed by atoms with van der Waals surface area (Å²) in [6.07, 6.45) is -4.88. The second-order valence-corrected chi connectivity index (χ2v) is 4.14. The smallest absolute Gasteiger partial charge is 0.260 e. The van der Waals surface area contributed by atoms with Crippen molar-refractivity contribution in [2.24, 2.45) is 0 Å². The van der Waals surface area contributed by atoms with Crippen LogP contribution in [-0.4, -0.2) is 12.7 Å². The largest absolute Gasteiger partial charge is 0.390 e. The number of aryl methyl sites for hydroxylation is 1. The predicted octanol–water partition coefficient (Wildman–Crippen LogP) is 4.57. The number of nitrogens with one attached hydrogen (secondary N) is 1. The monoisotopic (exact) mass is 265 g/mol. The van der Waals surface area contributed by atoms with Gasteiger partial charge < -0.3 is 0 Å². The molecule has 0 unspecified atom stereocenters. The first-order valence-electron chi connectivity index (χ1n) is 5.50. The highest BCUT2D eigenvalue weighted by Crippen LogP contribution is 2.20. The summed E-state index contributed by atoms with van der Waals surface area (Å²) in [4.78, 5) is 0.919. The molecule has 0 saturated carbocycles. The first-order valence-corrected chi connectivity index (χ1v) is 6.32. The van der Waals surface area contributed by atoms with E-state index in [1.807, 2.05) is 45.0 Å². The van der Waals surface area contributed by atoms with Gasteiger partial charge in [-0.25, -0.2) is 0 Å². The molecule has 98 valence electrons. The van der Waals surface area contributed by atoms with Gasteiger partial charge in [-0.2, -0.15) is 13.2 Å². The van der Waals surface area contributed by atoms with Crippen LogP contribution in [-0.2, 0) is 0 Å². The third-order valence-electron chi connectivity index (χ3n) is 1.72. The number of hydrogen-bond acceptors (Lipinski definition) is 2. The summed E-state index contributed by atoms with van der Waals surface area (Å²) in [7, 11) is 0. The van der Waals surface area contributed by atoms with Crippen molar-refractivity contribution in [2.45, 2.75) is 38.3 Å². The van der Waals surface area contributed by atoms with Crippen LogP contribution in [0, 0.1) is 6.92 Å². The summed E-state index contributed by atoms with van der Waals surface area (Å²) in [6.45, 7) is 5.90. The van der Waals surface area contributed by atoms with Crippen LogP contribution in [0.5, 0.6) is 0 Å². The summed E-state index contributed by atoms with van der Waals surface area (Å²) in [6, 6.07) is 7.60. The molecule has 0 aliphatic rings. The highest BCUT2D eigenvalue weighted by molar-refractivity contribution is 7.97. The van der Waals surface area contributed by atoms with E-state index in [2.05, 4.69) is 4.72 Å². The van der Waals surface area contributed by atoms with Gasteiger partial charge in [0, 0.05) is 11.4 Å². The molecule has 1 N–H and O–H groups in total. The van der Waals surface area contributed by atoms with E-state index < -0.39 is 12.6 Å². The molecule has 0 radical (unpaired) electrons. The zero-order valence-corrected chi connectivity index (χ0v) is 11.1. The minimum absolute atomic E-state index is 0.0674. The molecule has 0 atom stereocenters. The van der Waals surface area contributed by atoms with Crippen LogP contribution in [0.2, 0.25) is 0 Å². The minimum atomic E-state index is -4.08. The molecule has 0 aromatic heterocycles. The lowest BCUT2D eigenvalue weighted by molar-refractivity contribution is -0.132. The van der Waals surface area contributed by atoms with Gasteiger partial charge in [0.25, 0.3) is 0 Å². The van der Waals surface area contributed by atoms with Crippen molar-refractivity contribution in [3.8, 4) is 0 Å². The fourth-order valence-electron chi connectivity index (χ4n) is 0.933. The Morgan fingerprint density at radius 2 is 1.65 bits per heavy atom. The van der Waals surface area contributed by atoms with Crippen molar-refractivity contribution in [3.05, 3.63) is 29.8 Å². The average molecular weight is 265 g/mol. The second kappa shape index (κ2) is 8.42. The summed E-state index contributed by atoms with van der Waals surface area (Å²) >= 11 is 1.22. The molecule has 0 aliphatic carbocycles. The molecule has 1 aromatic carbocycles. The van der Waals surface area contributed by atoms with E-state index in [4.69, 9.17) is 0 Å². The van der Waals surface area contributed by atoms with Crippen LogP contribution in [0.25, 0.3) is 0 Å². The Labute approximate surface area is 105 Å². The molecule has 0 aliphatic heterocycles. The summed E-state index contributed by atoms with van der Waals surface area (Å²) < 4.78 is 38.0. The third-order valence-corrected chi connectivity index (χ3v) is 2.58. The molecule has 1 aromatic rings. The van der Waals surface area contributed by atoms with Crippen molar-refractivity contribution in [3.63, 3.8) is 0 Å². The van der Waals surface area contributed by atoms with Crippen molar-refractivity contribution < 1.29 is 13.2 Å². The number of halogens is 3. The maximum absolute atomic E-state index is 11.8.